The number of hydrogen-bond acceptors (Lipinski definition) is 4. The van der Waals surface area contributed by atoms with Crippen LogP contribution >= 0.6 is 0 Å². The van der Waals surface area contributed by atoms with Gasteiger partial charge in [0, 0.05) is 12.1 Å². The van der Waals surface area contributed by atoms with Crippen LogP contribution in [0.25, 0.3) is 0 Å². The zero-order valence-corrected chi connectivity index (χ0v) is 11.4. The van der Waals surface area contributed by atoms with E-state index in [0.29, 0.717) is 19.1 Å². The standard InChI is InChI=1S/C13H24N4O/c1-11(2)7-17-12(15-10-16-17)8-18-9-13(14)5-3-4-6-13/h10-11H,3-9,14H2,1-2H3. The van der Waals surface area contributed by atoms with Crippen molar-refractivity contribution in [2.24, 2.45) is 11.7 Å². The second-order valence-electron chi connectivity index (χ2n) is 5.81. The maximum absolute atomic E-state index is 6.25. The molecule has 0 aliphatic heterocycles. The monoisotopic (exact) mass is 252 g/mol. The summed E-state index contributed by atoms with van der Waals surface area (Å²) in [5.74, 6) is 1.45. The molecule has 0 unspecified atom stereocenters. The lowest BCUT2D eigenvalue weighted by Gasteiger charge is -2.23. The van der Waals surface area contributed by atoms with E-state index >= 15 is 0 Å². The Balaban J connectivity index is 1.81. The fourth-order valence-electron chi connectivity index (χ4n) is 2.47. The van der Waals surface area contributed by atoms with Crippen molar-refractivity contribution in [3.05, 3.63) is 12.2 Å². The first-order valence-corrected chi connectivity index (χ1v) is 6.82. The van der Waals surface area contributed by atoms with Gasteiger partial charge in [-0.15, -0.1) is 0 Å². The molecule has 2 rings (SSSR count). The molecule has 0 atom stereocenters. The van der Waals surface area contributed by atoms with Crippen molar-refractivity contribution in [3.8, 4) is 0 Å². The van der Waals surface area contributed by atoms with Crippen molar-refractivity contribution < 1.29 is 4.74 Å². The molecule has 18 heavy (non-hydrogen) atoms. The van der Waals surface area contributed by atoms with E-state index < -0.39 is 0 Å². The van der Waals surface area contributed by atoms with Gasteiger partial charge in [-0.05, 0) is 18.8 Å². The molecular formula is C13H24N4O. The molecule has 0 radical (unpaired) electrons. The van der Waals surface area contributed by atoms with Gasteiger partial charge in [-0.3, -0.25) is 0 Å². The Morgan fingerprint density at radius 3 is 2.83 bits per heavy atom. The summed E-state index contributed by atoms with van der Waals surface area (Å²) < 4.78 is 7.66. The normalized spacial score (nSPS) is 18.7. The molecule has 0 aromatic carbocycles. The zero-order chi connectivity index (χ0) is 13.0. The number of nitrogens with zero attached hydrogens (tertiary/aromatic N) is 3. The summed E-state index contributed by atoms with van der Waals surface area (Å²) in [6.07, 6.45) is 6.19. The van der Waals surface area contributed by atoms with Crippen LogP contribution < -0.4 is 5.73 Å². The summed E-state index contributed by atoms with van der Waals surface area (Å²) in [6.45, 7) is 6.35. The van der Waals surface area contributed by atoms with E-state index in [-0.39, 0.29) is 5.54 Å². The van der Waals surface area contributed by atoms with Crippen LogP contribution in [0.3, 0.4) is 0 Å². The first kappa shape index (κ1) is 13.5. The Hall–Kier alpha value is -0.940. The van der Waals surface area contributed by atoms with Crippen molar-refractivity contribution >= 4 is 0 Å². The van der Waals surface area contributed by atoms with Crippen molar-refractivity contribution in [2.45, 2.75) is 58.2 Å². The first-order valence-electron chi connectivity index (χ1n) is 6.82. The molecule has 5 heteroatoms. The van der Waals surface area contributed by atoms with Crippen molar-refractivity contribution in [2.75, 3.05) is 6.61 Å². The van der Waals surface area contributed by atoms with E-state index in [1.165, 1.54) is 12.8 Å². The van der Waals surface area contributed by atoms with Gasteiger partial charge in [-0.25, -0.2) is 9.67 Å². The minimum atomic E-state index is -0.108. The fourth-order valence-corrected chi connectivity index (χ4v) is 2.47. The first-order chi connectivity index (χ1) is 8.59. The van der Waals surface area contributed by atoms with Crippen molar-refractivity contribution in [1.82, 2.24) is 14.8 Å². The van der Waals surface area contributed by atoms with E-state index in [2.05, 4.69) is 23.9 Å². The Morgan fingerprint density at radius 2 is 2.17 bits per heavy atom. The molecule has 1 aromatic heterocycles. The van der Waals surface area contributed by atoms with Crippen LogP contribution in [0.2, 0.25) is 0 Å². The fraction of sp³-hybridized carbons (Fsp3) is 0.846. The Bertz CT molecular complexity index is 369. The molecule has 0 bridgehead atoms. The van der Waals surface area contributed by atoms with Crippen LogP contribution in [-0.4, -0.2) is 26.9 Å². The average molecular weight is 252 g/mol. The molecule has 1 saturated carbocycles. The number of aromatic nitrogens is 3. The van der Waals surface area contributed by atoms with Gasteiger partial charge in [0.05, 0.1) is 6.61 Å². The van der Waals surface area contributed by atoms with Crippen molar-refractivity contribution in [3.63, 3.8) is 0 Å². The van der Waals surface area contributed by atoms with Gasteiger partial charge < -0.3 is 10.5 Å². The molecule has 1 aliphatic carbocycles. The summed E-state index contributed by atoms with van der Waals surface area (Å²) in [6, 6.07) is 0. The quantitative estimate of drug-likeness (QED) is 0.837. The summed E-state index contributed by atoms with van der Waals surface area (Å²) in [5, 5.41) is 4.22. The molecule has 0 spiro atoms. The summed E-state index contributed by atoms with van der Waals surface area (Å²) in [5.41, 5.74) is 6.14. The van der Waals surface area contributed by atoms with Gasteiger partial charge in [0.15, 0.2) is 5.82 Å². The SMILES string of the molecule is CC(C)Cn1ncnc1COCC1(N)CCCC1. The number of nitrogens with two attached hydrogens (primary N) is 1. The molecule has 5 nitrogen and oxygen atoms in total. The lowest BCUT2D eigenvalue weighted by Crippen LogP contribution is -2.41. The predicted octanol–water partition coefficient (Wildman–Crippen LogP) is 1.72. The Kier molecular flexibility index (Phi) is 4.35. The van der Waals surface area contributed by atoms with E-state index in [1.807, 2.05) is 4.68 Å². The van der Waals surface area contributed by atoms with E-state index in [1.54, 1.807) is 6.33 Å². The summed E-state index contributed by atoms with van der Waals surface area (Å²) >= 11 is 0. The van der Waals surface area contributed by atoms with Gasteiger partial charge in [-0.2, -0.15) is 5.10 Å². The second kappa shape index (κ2) is 5.80. The lowest BCUT2D eigenvalue weighted by molar-refractivity contribution is 0.0683. The molecule has 1 aromatic rings. The topological polar surface area (TPSA) is 66.0 Å². The van der Waals surface area contributed by atoms with E-state index in [9.17, 15) is 0 Å². The molecule has 1 aliphatic rings. The van der Waals surface area contributed by atoms with Crippen LogP contribution in [-0.2, 0) is 17.9 Å². The van der Waals surface area contributed by atoms with Gasteiger partial charge in [0.1, 0.15) is 12.9 Å². The van der Waals surface area contributed by atoms with E-state index in [0.717, 1.165) is 25.2 Å². The maximum Gasteiger partial charge on any atom is 0.152 e. The summed E-state index contributed by atoms with van der Waals surface area (Å²) in [4.78, 5) is 4.24. The molecule has 0 amide bonds. The molecule has 1 heterocycles. The molecule has 0 saturated heterocycles. The smallest absolute Gasteiger partial charge is 0.152 e. The van der Waals surface area contributed by atoms with E-state index in [4.69, 9.17) is 10.5 Å². The highest BCUT2D eigenvalue weighted by atomic mass is 16.5. The molecule has 102 valence electrons. The highest BCUT2D eigenvalue weighted by Gasteiger charge is 2.29. The minimum Gasteiger partial charge on any atom is -0.372 e. The summed E-state index contributed by atoms with van der Waals surface area (Å²) in [7, 11) is 0. The Morgan fingerprint density at radius 1 is 1.44 bits per heavy atom. The number of rotatable bonds is 6. The largest absolute Gasteiger partial charge is 0.372 e. The van der Waals surface area contributed by atoms with Crippen LogP contribution in [0.4, 0.5) is 0 Å². The Labute approximate surface area is 109 Å². The van der Waals surface area contributed by atoms with Crippen molar-refractivity contribution in [1.29, 1.82) is 0 Å². The van der Waals surface area contributed by atoms with Gasteiger partial charge >= 0.3 is 0 Å². The zero-order valence-electron chi connectivity index (χ0n) is 11.4. The third-order valence-electron chi connectivity index (χ3n) is 3.45. The average Bonchev–Trinajstić information content (AvgIpc) is 2.89. The third-order valence-corrected chi connectivity index (χ3v) is 3.45. The highest BCUT2D eigenvalue weighted by Crippen LogP contribution is 2.27. The third kappa shape index (κ3) is 3.53. The van der Waals surface area contributed by atoms with Crippen LogP contribution in [0.15, 0.2) is 6.33 Å². The number of hydrogen-bond donors (Lipinski definition) is 1. The maximum atomic E-state index is 6.25. The van der Waals surface area contributed by atoms with Gasteiger partial charge in [0.2, 0.25) is 0 Å². The van der Waals surface area contributed by atoms with Gasteiger partial charge in [0.25, 0.3) is 0 Å². The van der Waals surface area contributed by atoms with Gasteiger partial charge in [-0.1, -0.05) is 26.7 Å². The highest BCUT2D eigenvalue weighted by molar-refractivity contribution is 4.89. The van der Waals surface area contributed by atoms with Crippen LogP contribution in [0, 0.1) is 5.92 Å². The number of ether oxygens (including phenoxy) is 1. The molecule has 1 fully saturated rings. The molecular weight excluding hydrogens is 228 g/mol. The minimum absolute atomic E-state index is 0.108. The second-order valence-corrected chi connectivity index (χ2v) is 5.81. The van der Waals surface area contributed by atoms with Crippen LogP contribution in [0.5, 0.6) is 0 Å². The molecule has 2 N–H and O–H groups in total. The predicted molar refractivity (Wildman–Crippen MR) is 69.9 cm³/mol. The van der Waals surface area contributed by atoms with Crippen LogP contribution in [0.1, 0.15) is 45.4 Å². The lowest BCUT2D eigenvalue weighted by atomic mass is 10.0.